The van der Waals surface area contributed by atoms with E-state index in [0.717, 1.165) is 34.5 Å². The third-order valence-electron chi connectivity index (χ3n) is 5.30. The molecule has 0 N–H and O–H groups in total. The average Bonchev–Trinajstić information content (AvgIpc) is 3.39. The van der Waals surface area contributed by atoms with E-state index in [9.17, 15) is 0 Å². The van der Waals surface area contributed by atoms with Crippen LogP contribution in [-0.4, -0.2) is 32.8 Å². The van der Waals surface area contributed by atoms with E-state index in [-0.39, 0.29) is 6.04 Å². The number of rotatable bonds is 5. The minimum atomic E-state index is 0.124. The number of fused-ring (bicyclic) bond motifs is 1. The molecule has 144 valence electrons. The largest absolute Gasteiger partial charge is 0.497 e. The van der Waals surface area contributed by atoms with Crippen molar-refractivity contribution in [3.8, 4) is 5.75 Å². The topological polar surface area (TPSA) is 55.5 Å². The van der Waals surface area contributed by atoms with Gasteiger partial charge in [-0.2, -0.15) is 5.10 Å². The summed E-state index contributed by atoms with van der Waals surface area (Å²) in [6.45, 7) is 0.535. The van der Waals surface area contributed by atoms with Gasteiger partial charge in [-0.25, -0.2) is 4.68 Å². The Kier molecular flexibility index (Phi) is 4.44. The van der Waals surface area contributed by atoms with Crippen molar-refractivity contribution >= 4 is 16.7 Å². The van der Waals surface area contributed by atoms with Gasteiger partial charge in [-0.3, -0.25) is 5.01 Å². The van der Waals surface area contributed by atoms with Gasteiger partial charge in [0.1, 0.15) is 17.9 Å². The SMILES string of the molecule is COc1ccc(C2CC(c3ccccc3)=NN2Cn2nnc3ccccc32)cc1. The van der Waals surface area contributed by atoms with Crippen LogP contribution < -0.4 is 4.74 Å². The van der Waals surface area contributed by atoms with Crippen molar-refractivity contribution in [2.45, 2.75) is 19.1 Å². The van der Waals surface area contributed by atoms with Crippen LogP contribution in [0.5, 0.6) is 5.75 Å². The Hall–Kier alpha value is -3.67. The number of nitrogens with zero attached hydrogens (tertiary/aromatic N) is 5. The Morgan fingerprint density at radius 2 is 1.69 bits per heavy atom. The first-order chi connectivity index (χ1) is 14.3. The second-order valence-corrected chi connectivity index (χ2v) is 7.06. The van der Waals surface area contributed by atoms with Crippen LogP contribution in [0.4, 0.5) is 0 Å². The molecule has 0 aliphatic carbocycles. The zero-order valence-electron chi connectivity index (χ0n) is 16.1. The monoisotopic (exact) mass is 383 g/mol. The molecule has 29 heavy (non-hydrogen) atoms. The molecule has 1 aliphatic heterocycles. The van der Waals surface area contributed by atoms with Gasteiger partial charge in [0.05, 0.1) is 24.4 Å². The Bertz CT molecular complexity index is 1150. The van der Waals surface area contributed by atoms with Gasteiger partial charge in [0.15, 0.2) is 0 Å². The molecular weight excluding hydrogens is 362 g/mol. The van der Waals surface area contributed by atoms with Gasteiger partial charge in [0, 0.05) is 6.42 Å². The van der Waals surface area contributed by atoms with E-state index < -0.39 is 0 Å². The first-order valence-electron chi connectivity index (χ1n) is 9.63. The van der Waals surface area contributed by atoms with Crippen LogP contribution in [0.1, 0.15) is 23.6 Å². The lowest BCUT2D eigenvalue weighted by atomic mass is 9.98. The van der Waals surface area contributed by atoms with Crippen molar-refractivity contribution in [2.75, 3.05) is 7.11 Å². The van der Waals surface area contributed by atoms with Crippen LogP contribution in [0.15, 0.2) is 84.0 Å². The number of hydrogen-bond acceptors (Lipinski definition) is 5. The fourth-order valence-electron chi connectivity index (χ4n) is 3.77. The average molecular weight is 383 g/mol. The maximum absolute atomic E-state index is 5.32. The highest BCUT2D eigenvalue weighted by Gasteiger charge is 2.29. The van der Waals surface area contributed by atoms with Gasteiger partial charge in [0.2, 0.25) is 0 Å². The van der Waals surface area contributed by atoms with E-state index in [4.69, 9.17) is 9.84 Å². The highest BCUT2D eigenvalue weighted by Crippen LogP contribution is 2.34. The molecule has 6 nitrogen and oxygen atoms in total. The van der Waals surface area contributed by atoms with Crippen LogP contribution in [0.25, 0.3) is 11.0 Å². The summed E-state index contributed by atoms with van der Waals surface area (Å²) >= 11 is 0. The van der Waals surface area contributed by atoms with Gasteiger partial charge < -0.3 is 4.74 Å². The smallest absolute Gasteiger partial charge is 0.131 e. The lowest BCUT2D eigenvalue weighted by molar-refractivity contribution is 0.173. The van der Waals surface area contributed by atoms with Crippen LogP contribution in [-0.2, 0) is 6.67 Å². The fraction of sp³-hybridized carbons (Fsp3) is 0.174. The number of aromatic nitrogens is 3. The lowest BCUT2D eigenvalue weighted by Gasteiger charge is -2.24. The normalized spacial score (nSPS) is 16.2. The summed E-state index contributed by atoms with van der Waals surface area (Å²) in [6.07, 6.45) is 0.836. The van der Waals surface area contributed by atoms with Crippen molar-refractivity contribution in [3.63, 3.8) is 0 Å². The predicted molar refractivity (Wildman–Crippen MR) is 113 cm³/mol. The zero-order chi connectivity index (χ0) is 19.6. The van der Waals surface area contributed by atoms with E-state index >= 15 is 0 Å². The fourth-order valence-corrected chi connectivity index (χ4v) is 3.77. The van der Waals surface area contributed by atoms with Crippen LogP contribution in [0.3, 0.4) is 0 Å². The first-order valence-corrected chi connectivity index (χ1v) is 9.63. The summed E-state index contributed by atoms with van der Waals surface area (Å²) in [7, 11) is 1.68. The Labute approximate surface area is 169 Å². The summed E-state index contributed by atoms with van der Waals surface area (Å²) in [5, 5.41) is 15.7. The number of ether oxygens (including phenoxy) is 1. The van der Waals surface area contributed by atoms with Crippen molar-refractivity contribution in [2.24, 2.45) is 5.10 Å². The summed E-state index contributed by atoms with van der Waals surface area (Å²) < 4.78 is 7.22. The molecule has 0 bridgehead atoms. The van der Waals surface area contributed by atoms with Gasteiger partial charge in [-0.15, -0.1) is 5.10 Å². The number of benzene rings is 3. The quantitative estimate of drug-likeness (QED) is 0.517. The van der Waals surface area contributed by atoms with Gasteiger partial charge in [0.25, 0.3) is 0 Å². The van der Waals surface area contributed by atoms with Gasteiger partial charge >= 0.3 is 0 Å². The molecule has 3 aromatic carbocycles. The number of methoxy groups -OCH3 is 1. The highest BCUT2D eigenvalue weighted by atomic mass is 16.5. The molecule has 0 amide bonds. The van der Waals surface area contributed by atoms with Crippen molar-refractivity contribution in [1.29, 1.82) is 0 Å². The maximum Gasteiger partial charge on any atom is 0.131 e. The molecule has 1 aromatic heterocycles. The Morgan fingerprint density at radius 1 is 0.931 bits per heavy atom. The molecular formula is C23H21N5O. The van der Waals surface area contributed by atoms with Crippen LogP contribution in [0.2, 0.25) is 0 Å². The summed E-state index contributed by atoms with van der Waals surface area (Å²) in [4.78, 5) is 0. The summed E-state index contributed by atoms with van der Waals surface area (Å²) in [5.41, 5.74) is 5.32. The number of para-hydroxylation sites is 1. The molecule has 4 aromatic rings. The van der Waals surface area contributed by atoms with E-state index in [2.05, 4.69) is 39.6 Å². The van der Waals surface area contributed by atoms with E-state index in [0.29, 0.717) is 6.67 Å². The zero-order valence-corrected chi connectivity index (χ0v) is 16.1. The minimum absolute atomic E-state index is 0.124. The molecule has 0 saturated carbocycles. The van der Waals surface area contributed by atoms with Crippen molar-refractivity contribution in [1.82, 2.24) is 20.0 Å². The minimum Gasteiger partial charge on any atom is -0.497 e. The number of hydrogen-bond donors (Lipinski definition) is 0. The molecule has 0 fully saturated rings. The Balaban J connectivity index is 1.50. The highest BCUT2D eigenvalue weighted by molar-refractivity contribution is 6.01. The third-order valence-corrected chi connectivity index (χ3v) is 5.30. The van der Waals surface area contributed by atoms with Crippen LogP contribution in [0, 0.1) is 0 Å². The lowest BCUT2D eigenvalue weighted by Crippen LogP contribution is -2.23. The molecule has 0 saturated heterocycles. The van der Waals surface area contributed by atoms with E-state index in [1.54, 1.807) is 7.11 Å². The Morgan fingerprint density at radius 3 is 2.48 bits per heavy atom. The molecule has 5 rings (SSSR count). The molecule has 0 radical (unpaired) electrons. The third kappa shape index (κ3) is 3.33. The maximum atomic E-state index is 5.32. The summed E-state index contributed by atoms with van der Waals surface area (Å²) in [5.74, 6) is 0.852. The molecule has 1 unspecified atom stereocenters. The second kappa shape index (κ2) is 7.39. The summed E-state index contributed by atoms with van der Waals surface area (Å²) in [6, 6.07) is 26.7. The van der Waals surface area contributed by atoms with E-state index in [1.807, 2.05) is 59.3 Å². The molecule has 1 atom stereocenters. The standard InChI is InChI=1S/C23H21N5O/c1-29-19-13-11-18(12-14-19)23-15-21(17-7-3-2-4-8-17)25-27(23)16-28-22-10-6-5-9-20(22)24-26-28/h2-14,23H,15-16H2,1H3. The number of hydrazone groups is 1. The van der Waals surface area contributed by atoms with E-state index in [1.165, 1.54) is 5.56 Å². The predicted octanol–water partition coefficient (Wildman–Crippen LogP) is 4.25. The van der Waals surface area contributed by atoms with Crippen molar-refractivity contribution < 1.29 is 4.74 Å². The second-order valence-electron chi connectivity index (χ2n) is 7.06. The molecule has 0 spiro atoms. The van der Waals surface area contributed by atoms with Crippen LogP contribution >= 0.6 is 0 Å². The molecule has 6 heteroatoms. The first kappa shape index (κ1) is 17.4. The van der Waals surface area contributed by atoms with Gasteiger partial charge in [-0.05, 0) is 35.4 Å². The van der Waals surface area contributed by atoms with Gasteiger partial charge in [-0.1, -0.05) is 59.8 Å². The van der Waals surface area contributed by atoms with Crippen molar-refractivity contribution in [3.05, 3.63) is 90.0 Å². The molecule has 2 heterocycles. The molecule has 1 aliphatic rings.